The van der Waals surface area contributed by atoms with Gasteiger partial charge in [0.1, 0.15) is 0 Å². The van der Waals surface area contributed by atoms with E-state index in [2.05, 4.69) is 27.7 Å². The van der Waals surface area contributed by atoms with Gasteiger partial charge in [0.15, 0.2) is 0 Å². The van der Waals surface area contributed by atoms with Gasteiger partial charge in [-0.15, -0.1) is 0 Å². The summed E-state index contributed by atoms with van der Waals surface area (Å²) in [7, 11) is 3.68. The quantitative estimate of drug-likeness (QED) is 0.494. The maximum Gasteiger partial charge on any atom is 0.0572 e. The molecule has 0 rings (SSSR count). The summed E-state index contributed by atoms with van der Waals surface area (Å²) in [5.74, 6) is 1.57. The monoisotopic (exact) mass is 272 g/mol. The average molecular weight is 272 g/mol. The van der Waals surface area contributed by atoms with Gasteiger partial charge < -0.3 is 9.47 Å². The van der Waals surface area contributed by atoms with Crippen LogP contribution in [0.5, 0.6) is 0 Å². The molecule has 19 heavy (non-hydrogen) atoms. The van der Waals surface area contributed by atoms with Gasteiger partial charge in [-0.3, -0.25) is 0 Å². The number of methoxy groups -OCH3 is 2. The van der Waals surface area contributed by atoms with E-state index in [1.807, 2.05) is 14.2 Å². The van der Waals surface area contributed by atoms with Crippen LogP contribution in [-0.2, 0) is 9.47 Å². The first-order valence-electron chi connectivity index (χ1n) is 8.05. The molecule has 0 saturated heterocycles. The Hall–Kier alpha value is -0.0800. The van der Waals surface area contributed by atoms with Crippen molar-refractivity contribution >= 4 is 0 Å². The second kappa shape index (κ2) is 11.7. The Labute approximate surface area is 121 Å². The van der Waals surface area contributed by atoms with Crippen LogP contribution in [0.1, 0.15) is 72.6 Å². The molecule has 0 bridgehead atoms. The fourth-order valence-corrected chi connectivity index (χ4v) is 2.40. The van der Waals surface area contributed by atoms with Crippen molar-refractivity contribution in [3.05, 3.63) is 0 Å². The number of ether oxygens (including phenoxy) is 2. The average Bonchev–Trinajstić information content (AvgIpc) is 2.35. The van der Waals surface area contributed by atoms with Gasteiger partial charge in [-0.25, -0.2) is 0 Å². The molecule has 116 valence electrons. The molecule has 0 aliphatic heterocycles. The lowest BCUT2D eigenvalue weighted by Gasteiger charge is -2.20. The van der Waals surface area contributed by atoms with E-state index in [-0.39, 0.29) is 0 Å². The summed E-state index contributed by atoms with van der Waals surface area (Å²) in [4.78, 5) is 0. The third-order valence-corrected chi connectivity index (χ3v) is 3.85. The van der Waals surface area contributed by atoms with Crippen LogP contribution in [0, 0.1) is 11.8 Å². The van der Waals surface area contributed by atoms with E-state index in [1.54, 1.807) is 0 Å². The Bertz CT molecular complexity index is 190. The largest absolute Gasteiger partial charge is 0.381 e. The first kappa shape index (κ1) is 18.9. The smallest absolute Gasteiger partial charge is 0.0572 e. The van der Waals surface area contributed by atoms with Crippen molar-refractivity contribution in [2.75, 3.05) is 14.2 Å². The zero-order valence-electron chi connectivity index (χ0n) is 14.1. The molecule has 0 N–H and O–H groups in total. The molecule has 0 amide bonds. The van der Waals surface area contributed by atoms with Crippen LogP contribution in [-0.4, -0.2) is 26.4 Å². The van der Waals surface area contributed by atoms with Crippen LogP contribution in [0.4, 0.5) is 0 Å². The summed E-state index contributed by atoms with van der Waals surface area (Å²) in [6.45, 7) is 9.12. The molecule has 0 saturated carbocycles. The molecule has 0 aromatic heterocycles. The molecule has 2 unspecified atom stereocenters. The van der Waals surface area contributed by atoms with Crippen LogP contribution in [0.2, 0.25) is 0 Å². The summed E-state index contributed by atoms with van der Waals surface area (Å²) in [6.07, 6.45) is 9.28. The number of hydrogen-bond donors (Lipinski definition) is 0. The minimum atomic E-state index is 0.408. The predicted molar refractivity (Wildman–Crippen MR) is 83.6 cm³/mol. The van der Waals surface area contributed by atoms with E-state index in [0.717, 1.165) is 24.7 Å². The maximum absolute atomic E-state index is 5.60. The fraction of sp³-hybridized carbons (Fsp3) is 1.00. The molecule has 0 aliphatic carbocycles. The minimum absolute atomic E-state index is 0.408. The highest BCUT2D eigenvalue weighted by atomic mass is 16.5. The third-order valence-electron chi connectivity index (χ3n) is 3.85. The minimum Gasteiger partial charge on any atom is -0.381 e. The van der Waals surface area contributed by atoms with Crippen LogP contribution >= 0.6 is 0 Å². The molecule has 0 radical (unpaired) electrons. The topological polar surface area (TPSA) is 18.5 Å². The molecule has 0 spiro atoms. The van der Waals surface area contributed by atoms with Gasteiger partial charge in [0.25, 0.3) is 0 Å². The van der Waals surface area contributed by atoms with Crippen LogP contribution in [0.15, 0.2) is 0 Å². The second-order valence-electron chi connectivity index (χ2n) is 6.59. The number of rotatable bonds is 12. The standard InChI is InChI=1S/C17H36O2/c1-14(2)8-7-9-16(18-5)12-13-17(19-6)11-10-15(3)4/h14-17H,7-13H2,1-6H3. The first-order valence-corrected chi connectivity index (χ1v) is 8.05. The zero-order chi connectivity index (χ0) is 14.7. The Morgan fingerprint density at radius 1 is 0.579 bits per heavy atom. The molecule has 0 heterocycles. The van der Waals surface area contributed by atoms with Gasteiger partial charge in [0.2, 0.25) is 0 Å². The molecule has 0 fully saturated rings. The lowest BCUT2D eigenvalue weighted by Crippen LogP contribution is -2.17. The van der Waals surface area contributed by atoms with Crippen molar-refractivity contribution in [1.82, 2.24) is 0 Å². The van der Waals surface area contributed by atoms with E-state index in [4.69, 9.17) is 9.47 Å². The zero-order valence-corrected chi connectivity index (χ0v) is 14.1. The molecular weight excluding hydrogens is 236 g/mol. The highest BCUT2D eigenvalue weighted by Gasteiger charge is 2.13. The Morgan fingerprint density at radius 2 is 1.00 bits per heavy atom. The van der Waals surface area contributed by atoms with Crippen LogP contribution < -0.4 is 0 Å². The van der Waals surface area contributed by atoms with Crippen LogP contribution in [0.3, 0.4) is 0 Å². The summed E-state index contributed by atoms with van der Waals surface area (Å²) in [6, 6.07) is 0. The molecule has 0 aromatic rings. The molecule has 2 heteroatoms. The van der Waals surface area contributed by atoms with Crippen molar-refractivity contribution in [2.24, 2.45) is 11.8 Å². The van der Waals surface area contributed by atoms with E-state index in [1.165, 1.54) is 32.1 Å². The third kappa shape index (κ3) is 11.4. The van der Waals surface area contributed by atoms with Crippen molar-refractivity contribution in [1.29, 1.82) is 0 Å². The normalized spacial score (nSPS) is 15.2. The van der Waals surface area contributed by atoms with E-state index >= 15 is 0 Å². The van der Waals surface area contributed by atoms with E-state index in [0.29, 0.717) is 12.2 Å². The van der Waals surface area contributed by atoms with Crippen molar-refractivity contribution in [3.63, 3.8) is 0 Å². The van der Waals surface area contributed by atoms with Crippen molar-refractivity contribution in [3.8, 4) is 0 Å². The van der Waals surface area contributed by atoms with Gasteiger partial charge in [0.05, 0.1) is 12.2 Å². The Balaban J connectivity index is 3.82. The lowest BCUT2D eigenvalue weighted by molar-refractivity contribution is 0.0433. The molecule has 2 atom stereocenters. The van der Waals surface area contributed by atoms with Gasteiger partial charge in [-0.2, -0.15) is 0 Å². The second-order valence-corrected chi connectivity index (χ2v) is 6.59. The highest BCUT2D eigenvalue weighted by molar-refractivity contribution is 4.65. The summed E-state index contributed by atoms with van der Waals surface area (Å²) in [5.41, 5.74) is 0. The fourth-order valence-electron chi connectivity index (χ4n) is 2.40. The van der Waals surface area contributed by atoms with E-state index in [9.17, 15) is 0 Å². The number of hydrogen-bond acceptors (Lipinski definition) is 2. The summed E-state index contributed by atoms with van der Waals surface area (Å²) >= 11 is 0. The molecular formula is C17H36O2. The predicted octanol–water partition coefficient (Wildman–Crippen LogP) is 5.06. The van der Waals surface area contributed by atoms with Gasteiger partial charge in [-0.1, -0.05) is 40.5 Å². The van der Waals surface area contributed by atoms with Gasteiger partial charge in [-0.05, 0) is 43.9 Å². The Kier molecular flexibility index (Phi) is 11.7. The van der Waals surface area contributed by atoms with Crippen molar-refractivity contribution < 1.29 is 9.47 Å². The molecule has 2 nitrogen and oxygen atoms in total. The first-order chi connectivity index (χ1) is 8.99. The highest BCUT2D eigenvalue weighted by Crippen LogP contribution is 2.18. The Morgan fingerprint density at radius 3 is 1.42 bits per heavy atom. The van der Waals surface area contributed by atoms with Gasteiger partial charge in [0, 0.05) is 14.2 Å². The van der Waals surface area contributed by atoms with Crippen LogP contribution in [0.25, 0.3) is 0 Å². The van der Waals surface area contributed by atoms with Crippen molar-refractivity contribution in [2.45, 2.75) is 84.8 Å². The SMILES string of the molecule is COC(CCCC(C)C)CCC(CCC(C)C)OC. The summed E-state index contributed by atoms with van der Waals surface area (Å²) < 4.78 is 11.2. The lowest BCUT2D eigenvalue weighted by atomic mass is 9.98. The molecule has 0 aliphatic rings. The maximum atomic E-state index is 5.60. The van der Waals surface area contributed by atoms with E-state index < -0.39 is 0 Å². The summed E-state index contributed by atoms with van der Waals surface area (Å²) in [5, 5.41) is 0. The van der Waals surface area contributed by atoms with Gasteiger partial charge >= 0.3 is 0 Å². The molecule has 0 aromatic carbocycles.